The quantitative estimate of drug-likeness (QED) is 0.817. The second-order valence-corrected chi connectivity index (χ2v) is 9.00. The van der Waals surface area contributed by atoms with E-state index < -0.39 is 0 Å². The van der Waals surface area contributed by atoms with Crippen molar-refractivity contribution in [3.8, 4) is 0 Å². The number of rotatable bonds is 3. The third-order valence-electron chi connectivity index (χ3n) is 7.75. The van der Waals surface area contributed by atoms with Gasteiger partial charge in [0, 0.05) is 12.7 Å². The number of hydrogen-bond donors (Lipinski definition) is 0. The van der Waals surface area contributed by atoms with Gasteiger partial charge in [-0.1, -0.05) is 57.2 Å². The minimum atomic E-state index is 0.286. The van der Waals surface area contributed by atoms with Crippen LogP contribution in [0, 0.1) is 16.7 Å². The van der Waals surface area contributed by atoms with Crippen molar-refractivity contribution < 1.29 is 0 Å². The zero-order chi connectivity index (χ0) is 17.9. The fourth-order valence-corrected chi connectivity index (χ4v) is 5.91. The van der Waals surface area contributed by atoms with Crippen LogP contribution >= 0.6 is 0 Å². The van der Waals surface area contributed by atoms with E-state index in [4.69, 9.17) is 4.99 Å². The van der Waals surface area contributed by atoms with E-state index in [0.717, 1.165) is 18.1 Å². The first-order valence-electron chi connectivity index (χ1n) is 9.82. The molecular weight excluding hydrogens is 318 g/mol. The monoisotopic (exact) mass is 345 g/mol. The number of nitrogens with zero attached hydrogens (tertiary/aromatic N) is 3. The maximum Gasteiger partial charge on any atom is 0.150 e. The van der Waals surface area contributed by atoms with Crippen LogP contribution in [-0.2, 0) is 6.54 Å². The van der Waals surface area contributed by atoms with Crippen molar-refractivity contribution in [1.82, 2.24) is 9.88 Å². The first-order valence-corrected chi connectivity index (χ1v) is 9.82. The van der Waals surface area contributed by atoms with Gasteiger partial charge in [0.05, 0.1) is 12.1 Å². The predicted molar refractivity (Wildman–Crippen MR) is 105 cm³/mol. The summed E-state index contributed by atoms with van der Waals surface area (Å²) < 4.78 is 0. The van der Waals surface area contributed by atoms with Crippen molar-refractivity contribution in [2.75, 3.05) is 0 Å². The molecule has 3 nitrogen and oxygen atoms in total. The summed E-state index contributed by atoms with van der Waals surface area (Å²) in [7, 11) is 0. The molecule has 0 spiro atoms. The molecule has 2 saturated carbocycles. The Morgan fingerprint density at radius 1 is 1.04 bits per heavy atom. The Labute approximate surface area is 156 Å². The zero-order valence-electron chi connectivity index (χ0n) is 15.9. The summed E-state index contributed by atoms with van der Waals surface area (Å²) in [5.74, 6) is 1.80. The molecule has 1 aliphatic heterocycles. The van der Waals surface area contributed by atoms with E-state index in [1.165, 1.54) is 18.4 Å². The van der Waals surface area contributed by atoms with Crippen LogP contribution in [0.2, 0.25) is 0 Å². The summed E-state index contributed by atoms with van der Waals surface area (Å²) in [6.45, 7) is 8.34. The van der Waals surface area contributed by atoms with Gasteiger partial charge in [-0.3, -0.25) is 9.98 Å². The molecule has 2 aromatic rings. The average Bonchev–Trinajstić information content (AvgIpc) is 3.19. The van der Waals surface area contributed by atoms with Crippen LogP contribution in [0.15, 0.2) is 59.7 Å². The molecule has 0 saturated heterocycles. The van der Waals surface area contributed by atoms with Gasteiger partial charge in [-0.25, -0.2) is 0 Å². The first kappa shape index (κ1) is 16.0. The second kappa shape index (κ2) is 5.42. The molecule has 2 aliphatic carbocycles. The van der Waals surface area contributed by atoms with Gasteiger partial charge in [-0.05, 0) is 47.3 Å². The number of hydrogen-bond acceptors (Lipinski definition) is 3. The third-order valence-corrected chi connectivity index (χ3v) is 7.75. The van der Waals surface area contributed by atoms with Gasteiger partial charge < -0.3 is 4.90 Å². The number of aliphatic imine (C=N–C) groups is 1. The Hall–Kier alpha value is -2.16. The number of aromatic nitrogens is 1. The molecule has 2 heterocycles. The number of amidine groups is 1. The fourth-order valence-electron chi connectivity index (χ4n) is 5.91. The number of pyridine rings is 1. The molecule has 1 aromatic heterocycles. The van der Waals surface area contributed by atoms with Gasteiger partial charge in [0.25, 0.3) is 0 Å². The highest BCUT2D eigenvalue weighted by molar-refractivity contribution is 5.99. The zero-order valence-corrected chi connectivity index (χ0v) is 15.9. The molecule has 26 heavy (non-hydrogen) atoms. The van der Waals surface area contributed by atoms with Gasteiger partial charge in [0.1, 0.15) is 5.69 Å². The molecule has 5 rings (SSSR count). The summed E-state index contributed by atoms with van der Waals surface area (Å²) in [6, 6.07) is 17.8. The highest BCUT2D eigenvalue weighted by Crippen LogP contribution is 2.68. The topological polar surface area (TPSA) is 28.5 Å². The molecule has 0 unspecified atom stereocenters. The van der Waals surface area contributed by atoms with Gasteiger partial charge in [0.15, 0.2) is 5.84 Å². The van der Waals surface area contributed by atoms with E-state index in [2.05, 4.69) is 73.1 Å². The maximum absolute atomic E-state index is 5.33. The molecule has 1 aromatic carbocycles. The standard InChI is InChI=1S/C23H27N3/c1-22(2)17-12-13-23(22,3)20-19(17)26(15-16-9-5-4-6-10-16)21(25-20)18-11-7-8-14-24-18/h4-11,14,17,19-20H,12-13,15H2,1-3H3/t17-,19-,20-,23+/m1/s1. The van der Waals surface area contributed by atoms with E-state index in [1.54, 1.807) is 0 Å². The summed E-state index contributed by atoms with van der Waals surface area (Å²) in [5, 5.41) is 0. The molecule has 0 N–H and O–H groups in total. The molecule has 4 atom stereocenters. The van der Waals surface area contributed by atoms with Gasteiger partial charge in [-0.2, -0.15) is 0 Å². The minimum Gasteiger partial charge on any atom is -0.345 e. The predicted octanol–water partition coefficient (Wildman–Crippen LogP) is 4.54. The van der Waals surface area contributed by atoms with Crippen molar-refractivity contribution in [2.24, 2.45) is 21.7 Å². The summed E-state index contributed by atoms with van der Waals surface area (Å²) in [4.78, 5) is 12.5. The van der Waals surface area contributed by atoms with Crippen LogP contribution in [0.1, 0.15) is 44.9 Å². The molecule has 134 valence electrons. The van der Waals surface area contributed by atoms with E-state index in [1.807, 2.05) is 12.3 Å². The Bertz CT molecular complexity index is 842. The van der Waals surface area contributed by atoms with Crippen LogP contribution in [-0.4, -0.2) is 27.8 Å². The molecule has 0 amide bonds. The molecule has 3 heteroatoms. The smallest absolute Gasteiger partial charge is 0.150 e. The number of benzene rings is 1. The molecule has 2 fully saturated rings. The highest BCUT2D eigenvalue weighted by atomic mass is 15.3. The van der Waals surface area contributed by atoms with Gasteiger partial charge >= 0.3 is 0 Å². The van der Waals surface area contributed by atoms with Gasteiger partial charge in [0.2, 0.25) is 0 Å². The van der Waals surface area contributed by atoms with Crippen molar-refractivity contribution in [2.45, 2.75) is 52.2 Å². The highest BCUT2D eigenvalue weighted by Gasteiger charge is 2.69. The van der Waals surface area contributed by atoms with Gasteiger partial charge in [-0.15, -0.1) is 0 Å². The Morgan fingerprint density at radius 3 is 2.54 bits per heavy atom. The normalized spacial score (nSPS) is 34.0. The van der Waals surface area contributed by atoms with Crippen molar-refractivity contribution in [3.63, 3.8) is 0 Å². The largest absolute Gasteiger partial charge is 0.345 e. The van der Waals surface area contributed by atoms with Crippen molar-refractivity contribution in [1.29, 1.82) is 0 Å². The molecule has 2 bridgehead atoms. The first-order chi connectivity index (χ1) is 12.5. The van der Waals surface area contributed by atoms with Crippen LogP contribution in [0.4, 0.5) is 0 Å². The van der Waals surface area contributed by atoms with E-state index >= 15 is 0 Å². The Balaban J connectivity index is 1.60. The van der Waals surface area contributed by atoms with E-state index in [9.17, 15) is 0 Å². The fraction of sp³-hybridized carbons (Fsp3) is 0.478. The molecule has 3 aliphatic rings. The molecule has 0 radical (unpaired) electrons. The second-order valence-electron chi connectivity index (χ2n) is 9.00. The Morgan fingerprint density at radius 2 is 1.81 bits per heavy atom. The SMILES string of the molecule is CC1(C)[C@@H]2CC[C@@]1(C)[C@@H]1N=C(c3ccccn3)N(Cc3ccccc3)[C@H]21. The van der Waals surface area contributed by atoms with Crippen LogP contribution in [0.5, 0.6) is 0 Å². The van der Waals surface area contributed by atoms with Crippen molar-refractivity contribution >= 4 is 5.84 Å². The lowest BCUT2D eigenvalue weighted by molar-refractivity contribution is 0.137. The lowest BCUT2D eigenvalue weighted by atomic mass is 9.69. The number of fused-ring (bicyclic) bond motifs is 5. The summed E-state index contributed by atoms with van der Waals surface area (Å²) >= 11 is 0. The lowest BCUT2D eigenvalue weighted by Gasteiger charge is -2.36. The van der Waals surface area contributed by atoms with Crippen molar-refractivity contribution in [3.05, 3.63) is 66.0 Å². The van der Waals surface area contributed by atoms with E-state index in [-0.39, 0.29) is 5.41 Å². The minimum absolute atomic E-state index is 0.286. The van der Waals surface area contributed by atoms with Crippen LogP contribution < -0.4 is 0 Å². The molecular formula is C23H27N3. The van der Waals surface area contributed by atoms with Crippen LogP contribution in [0.3, 0.4) is 0 Å². The lowest BCUT2D eigenvalue weighted by Crippen LogP contribution is -2.44. The summed E-state index contributed by atoms with van der Waals surface area (Å²) in [6.07, 6.45) is 4.50. The van der Waals surface area contributed by atoms with Crippen LogP contribution in [0.25, 0.3) is 0 Å². The average molecular weight is 345 g/mol. The third kappa shape index (κ3) is 2.00. The van der Waals surface area contributed by atoms with E-state index in [0.29, 0.717) is 23.4 Å². The summed E-state index contributed by atoms with van der Waals surface area (Å²) in [5.41, 5.74) is 2.99. The maximum atomic E-state index is 5.33. The Kier molecular flexibility index (Phi) is 3.34.